The second kappa shape index (κ2) is 7.26. The molecule has 25 heavy (non-hydrogen) atoms. The molecule has 124 valence electrons. The number of benzene rings is 1. The first-order chi connectivity index (χ1) is 12.1. The lowest BCUT2D eigenvalue weighted by Crippen LogP contribution is -2.21. The quantitative estimate of drug-likeness (QED) is 0.724. The number of hydrogen-bond acceptors (Lipinski definition) is 6. The fraction of sp³-hybridized carbons (Fsp3) is 0.111. The molecule has 3 aromatic rings. The molecule has 1 aromatic carbocycles. The number of aromatic nitrogens is 3. The van der Waals surface area contributed by atoms with Crippen molar-refractivity contribution >= 4 is 17.4 Å². The van der Waals surface area contributed by atoms with Gasteiger partial charge in [0, 0.05) is 36.4 Å². The van der Waals surface area contributed by atoms with E-state index in [1.165, 1.54) is 0 Å². The van der Waals surface area contributed by atoms with Crippen LogP contribution in [0.1, 0.15) is 5.69 Å². The largest absolute Gasteiger partial charge is 0.302 e. The zero-order chi connectivity index (χ0) is 17.8. The molecule has 0 aliphatic carbocycles. The van der Waals surface area contributed by atoms with Crippen LogP contribution >= 0.6 is 11.6 Å². The normalized spacial score (nSPS) is 10.5. The van der Waals surface area contributed by atoms with E-state index in [4.69, 9.17) is 16.9 Å². The van der Waals surface area contributed by atoms with Crippen molar-refractivity contribution < 1.29 is 0 Å². The molecular formula is C18H15ClN6. The number of hydrazine groups is 1. The predicted molar refractivity (Wildman–Crippen MR) is 97.7 cm³/mol. The van der Waals surface area contributed by atoms with E-state index >= 15 is 0 Å². The molecule has 0 aliphatic rings. The molecule has 3 rings (SSSR count). The van der Waals surface area contributed by atoms with Gasteiger partial charge in [0.2, 0.25) is 0 Å². The van der Waals surface area contributed by atoms with Gasteiger partial charge in [-0.2, -0.15) is 10.4 Å². The third-order valence-electron chi connectivity index (χ3n) is 3.50. The van der Waals surface area contributed by atoms with Crippen LogP contribution in [0.15, 0.2) is 48.8 Å². The van der Waals surface area contributed by atoms with Gasteiger partial charge >= 0.3 is 0 Å². The summed E-state index contributed by atoms with van der Waals surface area (Å²) in [5, 5.41) is 19.9. The number of rotatable bonds is 4. The molecule has 2 aromatic heterocycles. The van der Waals surface area contributed by atoms with Crippen LogP contribution in [0.25, 0.3) is 22.3 Å². The van der Waals surface area contributed by atoms with Gasteiger partial charge in [-0.15, -0.1) is 5.10 Å². The Morgan fingerprint density at radius 2 is 1.88 bits per heavy atom. The zero-order valence-corrected chi connectivity index (χ0v) is 14.5. The maximum atomic E-state index is 9.16. The van der Waals surface area contributed by atoms with Crippen molar-refractivity contribution in [1.82, 2.24) is 20.2 Å². The molecule has 0 bridgehead atoms. The Balaban J connectivity index is 2.24. The molecule has 6 nitrogen and oxygen atoms in total. The maximum absolute atomic E-state index is 9.16. The van der Waals surface area contributed by atoms with Gasteiger partial charge in [-0.1, -0.05) is 23.7 Å². The lowest BCUT2D eigenvalue weighted by Gasteiger charge is -2.18. The number of nitrogens with zero attached hydrogens (tertiary/aromatic N) is 5. The number of hydrogen-bond donors (Lipinski definition) is 1. The Hall–Kier alpha value is -3.01. The summed E-state index contributed by atoms with van der Waals surface area (Å²) in [6.07, 6.45) is 3.31. The number of anilines is 1. The Labute approximate surface area is 150 Å². The molecule has 0 saturated heterocycles. The molecule has 0 saturated carbocycles. The summed E-state index contributed by atoms with van der Waals surface area (Å²) in [6.45, 7) is 0. The van der Waals surface area contributed by atoms with Crippen LogP contribution in [0.3, 0.4) is 0 Å². The van der Waals surface area contributed by atoms with Crippen molar-refractivity contribution in [1.29, 1.82) is 5.26 Å². The van der Waals surface area contributed by atoms with Crippen molar-refractivity contribution in [3.05, 3.63) is 59.5 Å². The molecule has 0 radical (unpaired) electrons. The van der Waals surface area contributed by atoms with E-state index in [0.717, 1.165) is 22.3 Å². The Morgan fingerprint density at radius 1 is 1.12 bits per heavy atom. The van der Waals surface area contributed by atoms with Crippen molar-refractivity contribution in [2.75, 3.05) is 19.5 Å². The van der Waals surface area contributed by atoms with Gasteiger partial charge in [-0.25, -0.2) is 9.99 Å². The van der Waals surface area contributed by atoms with E-state index in [1.807, 2.05) is 44.4 Å². The Bertz CT molecular complexity index is 931. The van der Waals surface area contributed by atoms with Crippen LogP contribution in [-0.4, -0.2) is 34.3 Å². The lowest BCUT2D eigenvalue weighted by molar-refractivity contribution is 0.491. The molecule has 0 unspecified atom stereocenters. The van der Waals surface area contributed by atoms with Crippen LogP contribution in [0.5, 0.6) is 0 Å². The summed E-state index contributed by atoms with van der Waals surface area (Å²) in [7, 11) is 3.74. The highest BCUT2D eigenvalue weighted by molar-refractivity contribution is 6.30. The first-order valence-electron chi connectivity index (χ1n) is 7.50. The summed E-state index contributed by atoms with van der Waals surface area (Å²) >= 11 is 6.00. The summed E-state index contributed by atoms with van der Waals surface area (Å²) in [4.78, 5) is 4.04. The highest BCUT2D eigenvalue weighted by Crippen LogP contribution is 2.36. The highest BCUT2D eigenvalue weighted by Gasteiger charge is 2.16. The Kier molecular flexibility index (Phi) is 4.89. The molecule has 0 amide bonds. The summed E-state index contributed by atoms with van der Waals surface area (Å²) in [6, 6.07) is 13.2. The molecule has 1 N–H and O–H groups in total. The third-order valence-corrected chi connectivity index (χ3v) is 3.75. The van der Waals surface area contributed by atoms with E-state index in [2.05, 4.69) is 26.7 Å². The predicted octanol–water partition coefficient (Wildman–Crippen LogP) is 3.62. The first-order valence-corrected chi connectivity index (χ1v) is 7.88. The van der Waals surface area contributed by atoms with E-state index in [0.29, 0.717) is 16.5 Å². The lowest BCUT2D eigenvalue weighted by atomic mass is 9.97. The monoisotopic (exact) mass is 350 g/mol. The van der Waals surface area contributed by atoms with Crippen molar-refractivity contribution in [3.8, 4) is 28.3 Å². The number of nitrogens with one attached hydrogen (secondary N) is 1. The van der Waals surface area contributed by atoms with Gasteiger partial charge in [0.15, 0.2) is 5.82 Å². The smallest absolute Gasteiger partial charge is 0.171 e. The molecule has 2 heterocycles. The van der Waals surface area contributed by atoms with E-state index in [1.54, 1.807) is 23.5 Å². The average molecular weight is 351 g/mol. The number of halogens is 1. The van der Waals surface area contributed by atoms with Gasteiger partial charge in [0.25, 0.3) is 0 Å². The van der Waals surface area contributed by atoms with Crippen molar-refractivity contribution in [2.45, 2.75) is 0 Å². The van der Waals surface area contributed by atoms with Crippen molar-refractivity contribution in [2.24, 2.45) is 0 Å². The Morgan fingerprint density at radius 3 is 2.56 bits per heavy atom. The van der Waals surface area contributed by atoms with Gasteiger partial charge in [0.05, 0.1) is 6.20 Å². The zero-order valence-electron chi connectivity index (χ0n) is 13.7. The third kappa shape index (κ3) is 3.74. The average Bonchev–Trinajstić information content (AvgIpc) is 2.62. The molecule has 7 heteroatoms. The molecule has 0 atom stereocenters. The van der Waals surface area contributed by atoms with Gasteiger partial charge in [-0.3, -0.25) is 0 Å². The van der Waals surface area contributed by atoms with Crippen LogP contribution in [0.4, 0.5) is 5.82 Å². The fourth-order valence-corrected chi connectivity index (χ4v) is 2.59. The fourth-order valence-electron chi connectivity index (χ4n) is 2.46. The second-order valence-electron chi connectivity index (χ2n) is 5.54. The molecule has 0 fully saturated rings. The summed E-state index contributed by atoms with van der Waals surface area (Å²) in [5.41, 5.74) is 7.00. The topological polar surface area (TPSA) is 77.7 Å². The summed E-state index contributed by atoms with van der Waals surface area (Å²) < 4.78 is 0. The van der Waals surface area contributed by atoms with Crippen molar-refractivity contribution in [3.63, 3.8) is 0 Å². The number of nitriles is 1. The van der Waals surface area contributed by atoms with Gasteiger partial charge in [0.1, 0.15) is 11.8 Å². The van der Waals surface area contributed by atoms with Crippen LogP contribution in [0.2, 0.25) is 5.02 Å². The first kappa shape index (κ1) is 16.8. The summed E-state index contributed by atoms with van der Waals surface area (Å²) in [5.74, 6) is 0.590. The minimum Gasteiger partial charge on any atom is -0.302 e. The maximum Gasteiger partial charge on any atom is 0.171 e. The van der Waals surface area contributed by atoms with E-state index in [-0.39, 0.29) is 0 Å². The SMILES string of the molecule is CN(C)Nc1nncc(-c2ccc(Cl)cc2)c1-c1ccnc(C#N)c1. The van der Waals surface area contributed by atoms with Gasteiger partial charge < -0.3 is 5.43 Å². The van der Waals surface area contributed by atoms with Crippen LogP contribution < -0.4 is 5.43 Å². The van der Waals surface area contributed by atoms with Crippen LogP contribution in [0, 0.1) is 11.3 Å². The molecule has 0 aliphatic heterocycles. The van der Waals surface area contributed by atoms with Gasteiger partial charge in [-0.05, 0) is 35.4 Å². The van der Waals surface area contributed by atoms with E-state index in [9.17, 15) is 0 Å². The highest BCUT2D eigenvalue weighted by atomic mass is 35.5. The molecule has 0 spiro atoms. The minimum atomic E-state index is 0.340. The molecular weight excluding hydrogens is 336 g/mol. The van der Waals surface area contributed by atoms with E-state index < -0.39 is 0 Å². The standard InChI is InChI=1S/C18H15ClN6/c1-25(2)24-18-17(13-7-8-21-15(9-13)10-20)16(11-22-23-18)12-3-5-14(19)6-4-12/h3-9,11H,1-2H3,(H,23,24). The number of pyridine rings is 1. The second-order valence-corrected chi connectivity index (χ2v) is 5.97. The minimum absolute atomic E-state index is 0.340. The van der Waals surface area contributed by atoms with Crippen LogP contribution in [-0.2, 0) is 0 Å².